The van der Waals surface area contributed by atoms with Gasteiger partial charge in [-0.05, 0) is 71.5 Å². The minimum absolute atomic E-state index is 0.0475. The molecule has 0 spiro atoms. The van der Waals surface area contributed by atoms with Crippen molar-refractivity contribution in [2.75, 3.05) is 13.1 Å². The highest BCUT2D eigenvalue weighted by Gasteiger charge is 2.43. The second-order valence-electron chi connectivity index (χ2n) is 10.3. The van der Waals surface area contributed by atoms with Crippen molar-refractivity contribution in [3.8, 4) is 11.1 Å². The van der Waals surface area contributed by atoms with E-state index in [4.69, 9.17) is 0 Å². The van der Waals surface area contributed by atoms with Crippen LogP contribution < -0.4 is 0 Å². The van der Waals surface area contributed by atoms with E-state index in [9.17, 15) is 36.2 Å². The minimum atomic E-state index is -4.55. The highest BCUT2D eigenvalue weighted by molar-refractivity contribution is 5.82. The summed E-state index contributed by atoms with van der Waals surface area (Å²) in [6.07, 6.45) is -4.04. The normalized spacial score (nSPS) is 18.1. The summed E-state index contributed by atoms with van der Waals surface area (Å²) in [5.41, 5.74) is 0.160. The zero-order valence-electron chi connectivity index (χ0n) is 21.5. The molecular formula is C30H29F6NO2. The van der Waals surface area contributed by atoms with E-state index in [2.05, 4.69) is 0 Å². The Bertz CT molecular complexity index is 1320. The molecule has 0 bridgehead atoms. The number of carboxylic acid groups (broad SMARTS) is 1. The topological polar surface area (TPSA) is 40.5 Å². The number of rotatable bonds is 8. The molecule has 208 valence electrons. The Balaban J connectivity index is 1.95. The lowest BCUT2D eigenvalue weighted by atomic mass is 9.76. The van der Waals surface area contributed by atoms with Gasteiger partial charge in [-0.15, -0.1) is 0 Å². The lowest BCUT2D eigenvalue weighted by Gasteiger charge is -2.32. The molecule has 1 aliphatic heterocycles. The highest BCUT2D eigenvalue weighted by Crippen LogP contribution is 2.43. The molecule has 0 amide bonds. The van der Waals surface area contributed by atoms with Gasteiger partial charge in [0.15, 0.2) is 0 Å². The molecule has 3 aromatic carbocycles. The number of hydrogen-bond acceptors (Lipinski definition) is 2. The molecule has 3 nitrogen and oxygen atoms in total. The van der Waals surface area contributed by atoms with Crippen LogP contribution in [-0.2, 0) is 16.4 Å². The second kappa shape index (κ2) is 10.7. The van der Waals surface area contributed by atoms with Crippen LogP contribution in [0.15, 0.2) is 66.7 Å². The van der Waals surface area contributed by atoms with Gasteiger partial charge in [0.1, 0.15) is 5.82 Å². The number of benzene rings is 3. The summed E-state index contributed by atoms with van der Waals surface area (Å²) in [5.74, 6) is -4.49. The number of halogens is 6. The summed E-state index contributed by atoms with van der Waals surface area (Å²) in [4.78, 5) is 13.9. The van der Waals surface area contributed by atoms with Gasteiger partial charge in [0.05, 0.1) is 23.6 Å². The summed E-state index contributed by atoms with van der Waals surface area (Å²) in [6, 6.07) is 14.1. The van der Waals surface area contributed by atoms with E-state index >= 15 is 0 Å². The van der Waals surface area contributed by atoms with Crippen molar-refractivity contribution in [2.45, 2.75) is 56.7 Å². The van der Waals surface area contributed by atoms with E-state index in [0.29, 0.717) is 40.7 Å². The van der Waals surface area contributed by atoms with Crippen LogP contribution in [0.3, 0.4) is 0 Å². The molecule has 1 saturated heterocycles. The third-order valence-corrected chi connectivity index (χ3v) is 7.48. The number of likely N-dealkylation sites (tertiary alicyclic amines) is 1. The van der Waals surface area contributed by atoms with Crippen LogP contribution in [0.25, 0.3) is 11.1 Å². The van der Waals surface area contributed by atoms with Gasteiger partial charge >= 0.3 is 12.1 Å². The standard InChI is InChI=1S/C30H29F6NO2/c1-3-14-28(2,27(38)39)22-10-13-24(25(17-22)19-4-8-21(9-5-19)30(34,35)36)26(20-6-11-23(31)12-7-20)37-16-15-29(32,33)18-37/h4-13,17,26H,3,14-16,18H2,1-2H3,(H,38,39). The van der Waals surface area contributed by atoms with Crippen LogP contribution in [0.1, 0.15) is 61.4 Å². The number of carboxylic acids is 1. The largest absolute Gasteiger partial charge is 0.481 e. The van der Waals surface area contributed by atoms with E-state index in [-0.39, 0.29) is 13.0 Å². The highest BCUT2D eigenvalue weighted by atomic mass is 19.4. The van der Waals surface area contributed by atoms with Gasteiger partial charge in [-0.3, -0.25) is 9.69 Å². The van der Waals surface area contributed by atoms with E-state index < -0.39 is 47.5 Å². The summed E-state index contributed by atoms with van der Waals surface area (Å²) in [6.45, 7) is 2.94. The van der Waals surface area contributed by atoms with Crippen molar-refractivity contribution in [3.05, 3.63) is 94.8 Å². The van der Waals surface area contributed by atoms with Gasteiger partial charge in [0.2, 0.25) is 0 Å². The lowest BCUT2D eigenvalue weighted by molar-refractivity contribution is -0.143. The maximum Gasteiger partial charge on any atom is 0.416 e. The van der Waals surface area contributed by atoms with Gasteiger partial charge < -0.3 is 5.11 Å². The number of alkyl halides is 5. The van der Waals surface area contributed by atoms with Crippen LogP contribution in [0.5, 0.6) is 0 Å². The Morgan fingerprint density at radius 3 is 2.13 bits per heavy atom. The minimum Gasteiger partial charge on any atom is -0.481 e. The second-order valence-corrected chi connectivity index (χ2v) is 10.3. The predicted octanol–water partition coefficient (Wildman–Crippen LogP) is 8.08. The maximum absolute atomic E-state index is 14.4. The Labute approximate surface area is 223 Å². The van der Waals surface area contributed by atoms with E-state index in [1.807, 2.05) is 6.92 Å². The van der Waals surface area contributed by atoms with Crippen molar-refractivity contribution in [2.24, 2.45) is 0 Å². The van der Waals surface area contributed by atoms with Gasteiger partial charge in [0.25, 0.3) is 5.92 Å². The number of carbonyl (C=O) groups is 1. The molecule has 1 aliphatic rings. The van der Waals surface area contributed by atoms with Crippen LogP contribution in [0.4, 0.5) is 26.3 Å². The molecule has 9 heteroatoms. The quantitative estimate of drug-likeness (QED) is 0.289. The Morgan fingerprint density at radius 2 is 1.62 bits per heavy atom. The molecule has 1 heterocycles. The zero-order chi connectivity index (χ0) is 28.6. The predicted molar refractivity (Wildman–Crippen MR) is 136 cm³/mol. The van der Waals surface area contributed by atoms with Crippen molar-refractivity contribution >= 4 is 5.97 Å². The molecule has 0 aromatic heterocycles. The van der Waals surface area contributed by atoms with Crippen molar-refractivity contribution < 1.29 is 36.2 Å². The van der Waals surface area contributed by atoms with Crippen molar-refractivity contribution in [1.82, 2.24) is 4.90 Å². The molecule has 3 aromatic rings. The fraction of sp³-hybridized carbons (Fsp3) is 0.367. The molecule has 2 unspecified atom stereocenters. The number of aliphatic carboxylic acids is 1. The van der Waals surface area contributed by atoms with Crippen molar-refractivity contribution in [3.63, 3.8) is 0 Å². The Morgan fingerprint density at radius 1 is 1.00 bits per heavy atom. The fourth-order valence-corrected chi connectivity index (χ4v) is 5.32. The van der Waals surface area contributed by atoms with Gasteiger partial charge in [-0.2, -0.15) is 13.2 Å². The third kappa shape index (κ3) is 5.98. The first-order valence-electron chi connectivity index (χ1n) is 12.7. The van der Waals surface area contributed by atoms with Gasteiger partial charge in [-0.1, -0.05) is 49.7 Å². The SMILES string of the molecule is CCCC(C)(C(=O)O)c1ccc(C(c2ccc(F)cc2)N2CCC(F)(F)C2)c(-c2ccc(C(F)(F)F)cc2)c1. The smallest absolute Gasteiger partial charge is 0.416 e. The van der Waals surface area contributed by atoms with Gasteiger partial charge in [0, 0.05) is 13.0 Å². The van der Waals surface area contributed by atoms with E-state index in [1.54, 1.807) is 30.0 Å². The molecule has 39 heavy (non-hydrogen) atoms. The molecule has 1 fully saturated rings. The Hall–Kier alpha value is -3.33. The molecule has 2 atom stereocenters. The lowest BCUT2D eigenvalue weighted by Crippen LogP contribution is -2.33. The average molecular weight is 550 g/mol. The molecule has 0 aliphatic carbocycles. The first-order chi connectivity index (χ1) is 18.2. The van der Waals surface area contributed by atoms with Crippen LogP contribution in [0, 0.1) is 5.82 Å². The first kappa shape index (κ1) is 28.7. The van der Waals surface area contributed by atoms with Gasteiger partial charge in [-0.25, -0.2) is 13.2 Å². The molecule has 1 N–H and O–H groups in total. The Kier molecular flexibility index (Phi) is 7.85. The van der Waals surface area contributed by atoms with Crippen LogP contribution in [0.2, 0.25) is 0 Å². The molecule has 0 saturated carbocycles. The zero-order valence-corrected chi connectivity index (χ0v) is 21.5. The van der Waals surface area contributed by atoms with E-state index in [1.165, 1.54) is 36.4 Å². The summed E-state index contributed by atoms with van der Waals surface area (Å²) in [5, 5.41) is 10.1. The van der Waals surface area contributed by atoms with Crippen molar-refractivity contribution in [1.29, 1.82) is 0 Å². The number of nitrogens with zero attached hydrogens (tertiary/aromatic N) is 1. The van der Waals surface area contributed by atoms with Crippen LogP contribution in [-0.4, -0.2) is 35.0 Å². The monoisotopic (exact) mass is 549 g/mol. The molecule has 0 radical (unpaired) electrons. The van der Waals surface area contributed by atoms with Crippen LogP contribution >= 0.6 is 0 Å². The average Bonchev–Trinajstić information content (AvgIpc) is 3.24. The summed E-state index contributed by atoms with van der Waals surface area (Å²) >= 11 is 0. The first-order valence-corrected chi connectivity index (χ1v) is 12.7. The number of hydrogen-bond donors (Lipinski definition) is 1. The maximum atomic E-state index is 14.4. The molecule has 4 rings (SSSR count). The summed E-state index contributed by atoms with van der Waals surface area (Å²) in [7, 11) is 0. The summed E-state index contributed by atoms with van der Waals surface area (Å²) < 4.78 is 82.3. The fourth-order valence-electron chi connectivity index (χ4n) is 5.32. The third-order valence-electron chi connectivity index (χ3n) is 7.48. The van der Waals surface area contributed by atoms with E-state index in [0.717, 1.165) is 12.1 Å². The molecular weight excluding hydrogens is 520 g/mol.